The Bertz CT molecular complexity index is 896. The molecule has 196 valence electrons. The number of hydrogen-bond acceptors (Lipinski definition) is 4. The maximum atomic E-state index is 11.8. The summed E-state index contributed by atoms with van der Waals surface area (Å²) in [5, 5.41) is 11.8. The molecule has 0 bridgehead atoms. The van der Waals surface area contributed by atoms with Crippen LogP contribution in [0.4, 0.5) is 0 Å². The van der Waals surface area contributed by atoms with Gasteiger partial charge in [0.05, 0.1) is 12.2 Å². The molecular formula is C32H46N2O2. The van der Waals surface area contributed by atoms with Gasteiger partial charge < -0.3 is 19.6 Å². The molecule has 4 heteroatoms. The van der Waals surface area contributed by atoms with Gasteiger partial charge in [0, 0.05) is 24.9 Å². The van der Waals surface area contributed by atoms with Crippen LogP contribution in [0.1, 0.15) is 81.3 Å². The molecule has 5 rings (SSSR count). The summed E-state index contributed by atoms with van der Waals surface area (Å²) in [6, 6.07) is 19.9. The Labute approximate surface area is 218 Å². The number of likely N-dealkylation sites (tertiary alicyclic amines) is 2. The van der Waals surface area contributed by atoms with Crippen molar-refractivity contribution < 1.29 is 9.84 Å². The molecule has 2 heterocycles. The Morgan fingerprint density at radius 2 is 1.47 bits per heavy atom. The van der Waals surface area contributed by atoms with Crippen molar-refractivity contribution in [2.75, 3.05) is 39.3 Å². The second kappa shape index (κ2) is 12.6. The number of rotatable bonds is 9. The largest absolute Gasteiger partial charge is 0.493 e. The lowest BCUT2D eigenvalue weighted by Gasteiger charge is -2.44. The summed E-state index contributed by atoms with van der Waals surface area (Å²) in [5.74, 6) is 1.09. The van der Waals surface area contributed by atoms with Crippen LogP contribution in [0.2, 0.25) is 0 Å². The zero-order valence-electron chi connectivity index (χ0n) is 22.1. The van der Waals surface area contributed by atoms with Gasteiger partial charge in [-0.15, -0.1) is 0 Å². The van der Waals surface area contributed by atoms with E-state index in [4.69, 9.17) is 4.74 Å². The normalized spacial score (nSPS) is 22.8. The van der Waals surface area contributed by atoms with Crippen LogP contribution in [-0.4, -0.2) is 65.9 Å². The zero-order chi connectivity index (χ0) is 24.6. The summed E-state index contributed by atoms with van der Waals surface area (Å²) in [6.45, 7) is 6.57. The van der Waals surface area contributed by atoms with Crippen LogP contribution in [0.25, 0.3) is 0 Å². The van der Waals surface area contributed by atoms with Gasteiger partial charge in [-0.2, -0.15) is 0 Å². The average molecular weight is 491 g/mol. The van der Waals surface area contributed by atoms with Gasteiger partial charge in [0.15, 0.2) is 0 Å². The molecule has 2 aliphatic heterocycles. The molecular weight excluding hydrogens is 444 g/mol. The van der Waals surface area contributed by atoms with Crippen molar-refractivity contribution in [2.45, 2.75) is 88.2 Å². The molecule has 1 atom stereocenters. The van der Waals surface area contributed by atoms with E-state index >= 15 is 0 Å². The first kappa shape index (κ1) is 25.8. The van der Waals surface area contributed by atoms with Crippen molar-refractivity contribution in [3.8, 4) is 5.75 Å². The standard InChI is InChI=1S/C32H46N2O2/c35-32(19-6-2-7-20-32)31(26-33-23-16-29(17-24-33)34-21-8-3-9-22-34)28-12-14-30(15-13-28)36-25-18-27-10-4-1-5-11-27/h1,4-5,10-15,29,31,35H,2-3,6-9,16-26H2. The number of nitrogens with zero attached hydrogens (tertiary/aromatic N) is 2. The molecule has 2 aromatic rings. The second-order valence-corrected chi connectivity index (χ2v) is 11.5. The van der Waals surface area contributed by atoms with Gasteiger partial charge in [-0.05, 0) is 88.0 Å². The van der Waals surface area contributed by atoms with Crippen LogP contribution in [0.5, 0.6) is 5.75 Å². The van der Waals surface area contributed by atoms with E-state index in [0.29, 0.717) is 6.61 Å². The Hall–Kier alpha value is -1.88. The zero-order valence-corrected chi connectivity index (χ0v) is 22.1. The molecule has 1 unspecified atom stereocenters. The lowest BCUT2D eigenvalue weighted by atomic mass is 9.72. The SMILES string of the molecule is OC1(C(CN2CCC(N3CCCCC3)CC2)c2ccc(OCCc3ccccc3)cc2)CCCCC1. The highest BCUT2D eigenvalue weighted by atomic mass is 16.5. The van der Waals surface area contributed by atoms with E-state index in [2.05, 4.69) is 64.4 Å². The van der Waals surface area contributed by atoms with E-state index in [9.17, 15) is 5.11 Å². The Balaban J connectivity index is 1.20. The predicted octanol–water partition coefficient (Wildman–Crippen LogP) is 6.04. The molecule has 3 aliphatic rings. The fourth-order valence-corrected chi connectivity index (χ4v) is 6.83. The van der Waals surface area contributed by atoms with E-state index in [0.717, 1.165) is 63.5 Å². The van der Waals surface area contributed by atoms with Gasteiger partial charge in [-0.1, -0.05) is 68.1 Å². The third-order valence-electron chi connectivity index (χ3n) is 9.06. The summed E-state index contributed by atoms with van der Waals surface area (Å²) in [4.78, 5) is 5.39. The topological polar surface area (TPSA) is 35.9 Å². The molecule has 3 fully saturated rings. The smallest absolute Gasteiger partial charge is 0.119 e. The maximum Gasteiger partial charge on any atom is 0.119 e. The van der Waals surface area contributed by atoms with Gasteiger partial charge in [0.2, 0.25) is 0 Å². The highest BCUT2D eigenvalue weighted by Gasteiger charge is 2.40. The number of ether oxygens (including phenoxy) is 1. The van der Waals surface area contributed by atoms with Crippen LogP contribution >= 0.6 is 0 Å². The van der Waals surface area contributed by atoms with E-state index in [-0.39, 0.29) is 5.92 Å². The molecule has 0 spiro atoms. The molecule has 0 amide bonds. The van der Waals surface area contributed by atoms with Crippen LogP contribution in [0.3, 0.4) is 0 Å². The molecule has 0 aromatic heterocycles. The van der Waals surface area contributed by atoms with Gasteiger partial charge in [-0.3, -0.25) is 0 Å². The van der Waals surface area contributed by atoms with Crippen LogP contribution in [0, 0.1) is 0 Å². The fourth-order valence-electron chi connectivity index (χ4n) is 6.83. The van der Waals surface area contributed by atoms with Crippen LogP contribution < -0.4 is 4.74 Å². The quantitative estimate of drug-likeness (QED) is 0.465. The average Bonchev–Trinajstić information content (AvgIpc) is 2.94. The van der Waals surface area contributed by atoms with E-state index in [1.54, 1.807) is 0 Å². The van der Waals surface area contributed by atoms with Crippen LogP contribution in [-0.2, 0) is 6.42 Å². The minimum atomic E-state index is -0.586. The minimum absolute atomic E-state index is 0.169. The molecule has 2 aromatic carbocycles. The third kappa shape index (κ3) is 6.70. The van der Waals surface area contributed by atoms with Crippen molar-refractivity contribution >= 4 is 0 Å². The molecule has 1 N–H and O–H groups in total. The summed E-state index contributed by atoms with van der Waals surface area (Å²) >= 11 is 0. The van der Waals surface area contributed by atoms with Crippen molar-refractivity contribution in [1.29, 1.82) is 0 Å². The Morgan fingerprint density at radius 1 is 0.806 bits per heavy atom. The molecule has 0 radical (unpaired) electrons. The van der Waals surface area contributed by atoms with Gasteiger partial charge in [0.1, 0.15) is 5.75 Å². The predicted molar refractivity (Wildman–Crippen MR) is 148 cm³/mol. The summed E-state index contributed by atoms with van der Waals surface area (Å²) in [7, 11) is 0. The molecule has 4 nitrogen and oxygen atoms in total. The van der Waals surface area contributed by atoms with Crippen molar-refractivity contribution in [2.24, 2.45) is 0 Å². The first-order chi connectivity index (χ1) is 17.7. The second-order valence-electron chi connectivity index (χ2n) is 11.5. The van der Waals surface area contributed by atoms with Crippen molar-refractivity contribution in [3.05, 3.63) is 65.7 Å². The molecule has 2 saturated heterocycles. The summed E-state index contributed by atoms with van der Waals surface area (Å²) in [6.07, 6.45) is 13.0. The third-order valence-corrected chi connectivity index (χ3v) is 9.06. The van der Waals surface area contributed by atoms with E-state index < -0.39 is 5.60 Å². The molecule has 36 heavy (non-hydrogen) atoms. The number of hydrogen-bond donors (Lipinski definition) is 1. The first-order valence-electron chi connectivity index (χ1n) is 14.7. The van der Waals surface area contributed by atoms with Crippen molar-refractivity contribution in [3.63, 3.8) is 0 Å². The summed E-state index contributed by atoms with van der Waals surface area (Å²) < 4.78 is 6.06. The molecule has 1 aliphatic carbocycles. The van der Waals surface area contributed by atoms with Gasteiger partial charge >= 0.3 is 0 Å². The highest BCUT2D eigenvalue weighted by molar-refractivity contribution is 5.32. The monoisotopic (exact) mass is 490 g/mol. The van der Waals surface area contributed by atoms with Crippen molar-refractivity contribution in [1.82, 2.24) is 9.80 Å². The fraction of sp³-hybridized carbons (Fsp3) is 0.625. The van der Waals surface area contributed by atoms with E-state index in [1.165, 1.54) is 62.7 Å². The van der Waals surface area contributed by atoms with Crippen LogP contribution in [0.15, 0.2) is 54.6 Å². The Kier molecular flexibility index (Phi) is 9.00. The lowest BCUT2D eigenvalue weighted by Crippen LogP contribution is -2.50. The van der Waals surface area contributed by atoms with Gasteiger partial charge in [-0.25, -0.2) is 0 Å². The lowest BCUT2D eigenvalue weighted by molar-refractivity contribution is -0.0343. The minimum Gasteiger partial charge on any atom is -0.493 e. The Morgan fingerprint density at radius 3 is 2.17 bits per heavy atom. The van der Waals surface area contributed by atoms with E-state index in [1.807, 2.05) is 0 Å². The number of benzene rings is 2. The highest BCUT2D eigenvalue weighted by Crippen LogP contribution is 2.41. The number of piperidine rings is 2. The van der Waals surface area contributed by atoms with Gasteiger partial charge in [0.25, 0.3) is 0 Å². The molecule has 1 saturated carbocycles. The maximum absolute atomic E-state index is 11.8. The number of aliphatic hydroxyl groups is 1. The summed E-state index contributed by atoms with van der Waals surface area (Å²) in [5.41, 5.74) is 1.99. The first-order valence-corrected chi connectivity index (χ1v) is 14.7.